The molecule has 0 aliphatic carbocycles. The Labute approximate surface area is 164 Å². The van der Waals surface area contributed by atoms with Crippen LogP contribution in [0, 0.1) is 0 Å². The standard InChI is InChI=1S/C19H22N4O4S/c1-13(15-7-5-9-17(11-15)20-14(2)24)21-22-19(25)16-8-6-10-18(12-16)28(26,27)23(3)4/h5-12H,1-4H3,(H,20,24)(H,22,25)/b21-13-. The molecule has 0 heterocycles. The highest BCUT2D eigenvalue weighted by Gasteiger charge is 2.18. The molecular formula is C19H22N4O4S. The number of hydrogen-bond donors (Lipinski definition) is 2. The molecule has 2 aromatic carbocycles. The summed E-state index contributed by atoms with van der Waals surface area (Å²) in [7, 11) is -0.796. The van der Waals surface area contributed by atoms with Gasteiger partial charge in [0.1, 0.15) is 0 Å². The first-order valence-electron chi connectivity index (χ1n) is 8.36. The fourth-order valence-corrected chi connectivity index (χ4v) is 3.25. The molecule has 0 saturated heterocycles. The van der Waals surface area contributed by atoms with E-state index in [0.29, 0.717) is 11.4 Å². The average Bonchev–Trinajstić information content (AvgIpc) is 2.65. The van der Waals surface area contributed by atoms with E-state index in [4.69, 9.17) is 0 Å². The zero-order valence-corrected chi connectivity index (χ0v) is 16.9. The Kier molecular flexibility index (Phi) is 6.66. The molecule has 0 bridgehead atoms. The molecule has 2 N–H and O–H groups in total. The summed E-state index contributed by atoms with van der Waals surface area (Å²) >= 11 is 0. The summed E-state index contributed by atoms with van der Waals surface area (Å²) in [5.41, 5.74) is 4.45. The Balaban J connectivity index is 2.18. The van der Waals surface area contributed by atoms with E-state index in [1.54, 1.807) is 31.2 Å². The maximum absolute atomic E-state index is 12.4. The number of hydrazone groups is 1. The highest BCUT2D eigenvalue weighted by Crippen LogP contribution is 2.15. The van der Waals surface area contributed by atoms with E-state index in [-0.39, 0.29) is 16.4 Å². The third-order valence-corrected chi connectivity index (χ3v) is 5.61. The Morgan fingerprint density at radius 1 is 0.964 bits per heavy atom. The van der Waals surface area contributed by atoms with E-state index in [1.165, 1.54) is 45.3 Å². The van der Waals surface area contributed by atoms with Gasteiger partial charge >= 0.3 is 0 Å². The lowest BCUT2D eigenvalue weighted by atomic mass is 10.1. The van der Waals surface area contributed by atoms with Gasteiger partial charge in [0.15, 0.2) is 0 Å². The van der Waals surface area contributed by atoms with Crippen LogP contribution in [0.5, 0.6) is 0 Å². The second kappa shape index (κ2) is 8.77. The third kappa shape index (κ3) is 5.24. The molecule has 0 atom stereocenters. The smallest absolute Gasteiger partial charge is 0.271 e. The summed E-state index contributed by atoms with van der Waals surface area (Å²) in [5, 5.41) is 6.74. The number of amides is 2. The molecule has 2 aromatic rings. The lowest BCUT2D eigenvalue weighted by Gasteiger charge is -2.12. The summed E-state index contributed by atoms with van der Waals surface area (Å²) in [6.45, 7) is 3.12. The van der Waals surface area contributed by atoms with Gasteiger partial charge in [-0.25, -0.2) is 18.1 Å². The number of carbonyl (C=O) groups excluding carboxylic acids is 2. The van der Waals surface area contributed by atoms with Gasteiger partial charge in [-0.1, -0.05) is 18.2 Å². The molecule has 0 aliphatic heterocycles. The van der Waals surface area contributed by atoms with Crippen molar-refractivity contribution in [3.8, 4) is 0 Å². The summed E-state index contributed by atoms with van der Waals surface area (Å²) < 4.78 is 25.5. The van der Waals surface area contributed by atoms with Crippen molar-refractivity contribution in [1.82, 2.24) is 9.73 Å². The van der Waals surface area contributed by atoms with Crippen molar-refractivity contribution in [2.24, 2.45) is 5.10 Å². The first-order chi connectivity index (χ1) is 13.1. The molecule has 0 radical (unpaired) electrons. The summed E-state index contributed by atoms with van der Waals surface area (Å²) in [5.74, 6) is -0.722. The number of rotatable bonds is 6. The summed E-state index contributed by atoms with van der Waals surface area (Å²) in [6.07, 6.45) is 0. The van der Waals surface area contributed by atoms with Crippen LogP contribution >= 0.6 is 0 Å². The first kappa shape index (κ1) is 21.3. The van der Waals surface area contributed by atoms with Crippen LogP contribution in [0.2, 0.25) is 0 Å². The Hall–Kier alpha value is -3.04. The molecule has 28 heavy (non-hydrogen) atoms. The molecule has 148 valence electrons. The average molecular weight is 402 g/mol. The number of hydrogen-bond acceptors (Lipinski definition) is 5. The van der Waals surface area contributed by atoms with Crippen LogP contribution in [0.3, 0.4) is 0 Å². The topological polar surface area (TPSA) is 108 Å². The number of nitrogens with zero attached hydrogens (tertiary/aromatic N) is 2. The van der Waals surface area contributed by atoms with Crippen LogP contribution in [-0.4, -0.2) is 44.3 Å². The molecule has 0 spiro atoms. The lowest BCUT2D eigenvalue weighted by Crippen LogP contribution is -2.23. The zero-order chi connectivity index (χ0) is 20.9. The molecule has 0 saturated carbocycles. The zero-order valence-electron chi connectivity index (χ0n) is 16.1. The fraction of sp³-hybridized carbons (Fsp3) is 0.211. The van der Waals surface area contributed by atoms with Crippen molar-refractivity contribution < 1.29 is 18.0 Å². The van der Waals surface area contributed by atoms with Gasteiger partial charge in [0.2, 0.25) is 15.9 Å². The Morgan fingerprint density at radius 3 is 2.25 bits per heavy atom. The molecule has 0 unspecified atom stereocenters. The van der Waals surface area contributed by atoms with Crippen molar-refractivity contribution in [2.45, 2.75) is 18.7 Å². The summed E-state index contributed by atoms with van der Waals surface area (Å²) in [4.78, 5) is 23.5. The number of sulfonamides is 1. The largest absolute Gasteiger partial charge is 0.326 e. The molecule has 8 nitrogen and oxygen atoms in total. The molecule has 2 rings (SSSR count). The van der Waals surface area contributed by atoms with Crippen LogP contribution in [0.25, 0.3) is 0 Å². The van der Waals surface area contributed by atoms with Crippen molar-refractivity contribution >= 4 is 33.2 Å². The van der Waals surface area contributed by atoms with E-state index >= 15 is 0 Å². The second-order valence-electron chi connectivity index (χ2n) is 6.22. The predicted molar refractivity (Wildman–Crippen MR) is 108 cm³/mol. The normalized spacial score (nSPS) is 12.0. The number of carbonyl (C=O) groups is 2. The minimum absolute atomic E-state index is 0.0221. The lowest BCUT2D eigenvalue weighted by molar-refractivity contribution is -0.114. The molecule has 2 amide bonds. The monoisotopic (exact) mass is 402 g/mol. The van der Waals surface area contributed by atoms with Gasteiger partial charge in [0.05, 0.1) is 10.6 Å². The van der Waals surface area contributed by atoms with E-state index < -0.39 is 15.9 Å². The van der Waals surface area contributed by atoms with Crippen LogP contribution in [0.1, 0.15) is 29.8 Å². The predicted octanol–water partition coefficient (Wildman–Crippen LogP) is 2.05. The van der Waals surface area contributed by atoms with Gasteiger partial charge in [-0.05, 0) is 42.8 Å². The van der Waals surface area contributed by atoms with Gasteiger partial charge in [-0.2, -0.15) is 5.10 Å². The minimum atomic E-state index is -3.64. The molecule has 0 aromatic heterocycles. The van der Waals surface area contributed by atoms with Crippen LogP contribution < -0.4 is 10.7 Å². The summed E-state index contributed by atoms with van der Waals surface area (Å²) in [6, 6.07) is 12.8. The number of nitrogens with one attached hydrogen (secondary N) is 2. The molecule has 9 heteroatoms. The Morgan fingerprint density at radius 2 is 1.61 bits per heavy atom. The van der Waals surface area contributed by atoms with Crippen molar-refractivity contribution in [3.63, 3.8) is 0 Å². The highest BCUT2D eigenvalue weighted by atomic mass is 32.2. The maximum atomic E-state index is 12.4. The fourth-order valence-electron chi connectivity index (χ4n) is 2.30. The van der Waals surface area contributed by atoms with E-state index in [9.17, 15) is 18.0 Å². The minimum Gasteiger partial charge on any atom is -0.326 e. The molecule has 0 fully saturated rings. The quantitative estimate of drug-likeness (QED) is 0.569. The van der Waals surface area contributed by atoms with Crippen molar-refractivity contribution in [2.75, 3.05) is 19.4 Å². The van der Waals surface area contributed by atoms with E-state index in [1.807, 2.05) is 0 Å². The molecular weight excluding hydrogens is 380 g/mol. The molecule has 0 aliphatic rings. The van der Waals surface area contributed by atoms with Gasteiger partial charge in [-0.15, -0.1) is 0 Å². The van der Waals surface area contributed by atoms with Crippen LogP contribution in [0.15, 0.2) is 58.5 Å². The maximum Gasteiger partial charge on any atom is 0.271 e. The number of benzene rings is 2. The van der Waals surface area contributed by atoms with E-state index in [2.05, 4.69) is 15.8 Å². The third-order valence-electron chi connectivity index (χ3n) is 3.80. The van der Waals surface area contributed by atoms with Gasteiger partial charge in [0.25, 0.3) is 5.91 Å². The van der Waals surface area contributed by atoms with Crippen LogP contribution in [-0.2, 0) is 14.8 Å². The number of anilines is 1. The SMILES string of the molecule is CC(=O)Nc1cccc(/C(C)=N\NC(=O)c2cccc(S(=O)(=O)N(C)C)c2)c1. The van der Waals surface area contributed by atoms with Crippen LogP contribution in [0.4, 0.5) is 5.69 Å². The van der Waals surface area contributed by atoms with Crippen molar-refractivity contribution in [3.05, 3.63) is 59.7 Å². The van der Waals surface area contributed by atoms with E-state index in [0.717, 1.165) is 9.87 Å². The van der Waals surface area contributed by atoms with Crippen molar-refractivity contribution in [1.29, 1.82) is 0 Å². The van der Waals surface area contributed by atoms with Gasteiger partial charge in [-0.3, -0.25) is 9.59 Å². The second-order valence-corrected chi connectivity index (χ2v) is 8.37. The van der Waals surface area contributed by atoms with Gasteiger partial charge in [0, 0.05) is 32.3 Å². The first-order valence-corrected chi connectivity index (χ1v) is 9.80. The van der Waals surface area contributed by atoms with Gasteiger partial charge < -0.3 is 5.32 Å². The highest BCUT2D eigenvalue weighted by molar-refractivity contribution is 7.89. The Bertz CT molecular complexity index is 1030.